The van der Waals surface area contributed by atoms with Crippen molar-refractivity contribution in [1.29, 1.82) is 0 Å². The molecule has 1 aromatic carbocycles. The molecule has 0 N–H and O–H groups in total. The Morgan fingerprint density at radius 2 is 1.95 bits per heavy atom. The third-order valence-corrected chi connectivity index (χ3v) is 2.56. The molecule has 2 rings (SSSR count). The Kier molecular flexibility index (Phi) is 4.11. The number of hydrogen-bond acceptors (Lipinski definition) is 4. The standard InChI is InChI=1S/C14H10F3NO3/c1-20-12-6-5-10(8-19)18-13(12)9-3-2-4-11(7-9)21-14(15,16)17/h2-8H,1H3. The van der Waals surface area contributed by atoms with Gasteiger partial charge in [-0.05, 0) is 24.3 Å². The van der Waals surface area contributed by atoms with Crippen LogP contribution in [0.3, 0.4) is 0 Å². The van der Waals surface area contributed by atoms with Crippen LogP contribution in [-0.2, 0) is 0 Å². The van der Waals surface area contributed by atoms with Crippen LogP contribution in [0.2, 0.25) is 0 Å². The number of carbonyl (C=O) groups is 1. The second kappa shape index (κ2) is 5.82. The van der Waals surface area contributed by atoms with E-state index in [9.17, 15) is 18.0 Å². The minimum Gasteiger partial charge on any atom is -0.494 e. The minimum atomic E-state index is -4.78. The first kappa shape index (κ1) is 14.8. The van der Waals surface area contributed by atoms with Gasteiger partial charge in [-0.25, -0.2) is 4.98 Å². The van der Waals surface area contributed by atoms with Gasteiger partial charge in [0.1, 0.15) is 22.9 Å². The molecule has 110 valence electrons. The molecule has 4 nitrogen and oxygen atoms in total. The zero-order valence-electron chi connectivity index (χ0n) is 10.8. The van der Waals surface area contributed by atoms with Crippen LogP contribution in [0.5, 0.6) is 11.5 Å². The summed E-state index contributed by atoms with van der Waals surface area (Å²) in [6.07, 6.45) is -4.24. The summed E-state index contributed by atoms with van der Waals surface area (Å²) in [6, 6.07) is 8.25. The van der Waals surface area contributed by atoms with Gasteiger partial charge in [-0.3, -0.25) is 4.79 Å². The molecule has 0 atom stereocenters. The number of alkyl halides is 3. The first-order chi connectivity index (χ1) is 9.93. The quantitative estimate of drug-likeness (QED) is 0.811. The van der Waals surface area contributed by atoms with E-state index >= 15 is 0 Å². The monoisotopic (exact) mass is 297 g/mol. The maximum atomic E-state index is 12.2. The third kappa shape index (κ3) is 3.71. The summed E-state index contributed by atoms with van der Waals surface area (Å²) in [4.78, 5) is 14.8. The van der Waals surface area contributed by atoms with E-state index in [4.69, 9.17) is 4.74 Å². The maximum Gasteiger partial charge on any atom is 0.573 e. The number of carbonyl (C=O) groups excluding carboxylic acids is 1. The molecule has 0 aliphatic heterocycles. The Morgan fingerprint density at radius 3 is 2.57 bits per heavy atom. The molecular weight excluding hydrogens is 287 g/mol. The third-order valence-electron chi connectivity index (χ3n) is 2.56. The highest BCUT2D eigenvalue weighted by Crippen LogP contribution is 2.32. The molecule has 0 aliphatic carbocycles. The van der Waals surface area contributed by atoms with Crippen molar-refractivity contribution in [2.75, 3.05) is 7.11 Å². The van der Waals surface area contributed by atoms with Crippen LogP contribution >= 0.6 is 0 Å². The van der Waals surface area contributed by atoms with E-state index in [0.717, 1.165) is 0 Å². The maximum absolute atomic E-state index is 12.2. The Bertz CT molecular complexity index is 656. The lowest BCUT2D eigenvalue weighted by Crippen LogP contribution is -2.17. The molecule has 0 radical (unpaired) electrons. The Morgan fingerprint density at radius 1 is 1.19 bits per heavy atom. The van der Waals surface area contributed by atoms with E-state index in [1.165, 1.54) is 37.4 Å². The lowest BCUT2D eigenvalue weighted by atomic mass is 10.1. The molecule has 0 amide bonds. The van der Waals surface area contributed by atoms with E-state index in [-0.39, 0.29) is 17.1 Å². The molecular formula is C14H10F3NO3. The highest BCUT2D eigenvalue weighted by Gasteiger charge is 2.31. The summed E-state index contributed by atoms with van der Waals surface area (Å²) in [6.45, 7) is 0. The first-order valence-corrected chi connectivity index (χ1v) is 5.79. The second-order valence-corrected chi connectivity index (χ2v) is 3.98. The molecule has 1 aromatic heterocycles. The van der Waals surface area contributed by atoms with Crippen molar-refractivity contribution in [2.45, 2.75) is 6.36 Å². The number of aromatic nitrogens is 1. The van der Waals surface area contributed by atoms with Crippen LogP contribution in [-0.4, -0.2) is 24.7 Å². The predicted molar refractivity (Wildman–Crippen MR) is 68.3 cm³/mol. The average Bonchev–Trinajstić information content (AvgIpc) is 2.45. The number of halogens is 3. The van der Waals surface area contributed by atoms with Crippen molar-refractivity contribution in [2.24, 2.45) is 0 Å². The number of methoxy groups -OCH3 is 1. The van der Waals surface area contributed by atoms with Gasteiger partial charge in [-0.1, -0.05) is 12.1 Å². The lowest BCUT2D eigenvalue weighted by Gasteiger charge is -2.11. The number of aldehydes is 1. The Hall–Kier alpha value is -2.57. The second-order valence-electron chi connectivity index (χ2n) is 3.98. The minimum absolute atomic E-state index is 0.146. The van der Waals surface area contributed by atoms with Gasteiger partial charge in [0.15, 0.2) is 6.29 Å². The fraction of sp³-hybridized carbons (Fsp3) is 0.143. The largest absolute Gasteiger partial charge is 0.573 e. The molecule has 0 spiro atoms. The molecule has 0 fully saturated rings. The molecule has 0 saturated heterocycles. The summed E-state index contributed by atoms with van der Waals surface area (Å²) in [5, 5.41) is 0. The van der Waals surface area contributed by atoms with Crippen LogP contribution in [0.15, 0.2) is 36.4 Å². The molecule has 2 aromatic rings. The zero-order chi connectivity index (χ0) is 15.5. The van der Waals surface area contributed by atoms with Crippen LogP contribution in [0.25, 0.3) is 11.3 Å². The van der Waals surface area contributed by atoms with Gasteiger partial charge in [0.2, 0.25) is 0 Å². The van der Waals surface area contributed by atoms with E-state index in [2.05, 4.69) is 9.72 Å². The SMILES string of the molecule is COc1ccc(C=O)nc1-c1cccc(OC(F)(F)F)c1. The summed E-state index contributed by atoms with van der Waals surface area (Å²) in [5.74, 6) is -0.0369. The molecule has 0 unspecified atom stereocenters. The summed E-state index contributed by atoms with van der Waals surface area (Å²) in [5.41, 5.74) is 0.750. The van der Waals surface area contributed by atoms with Gasteiger partial charge in [-0.15, -0.1) is 13.2 Å². The van der Waals surface area contributed by atoms with E-state index in [1.807, 2.05) is 0 Å². The van der Waals surface area contributed by atoms with Crippen LogP contribution in [0.1, 0.15) is 10.5 Å². The van der Waals surface area contributed by atoms with Gasteiger partial charge < -0.3 is 9.47 Å². The molecule has 0 saturated carbocycles. The van der Waals surface area contributed by atoms with Crippen molar-refractivity contribution in [3.63, 3.8) is 0 Å². The predicted octanol–water partition coefficient (Wildman–Crippen LogP) is 3.47. The Balaban J connectivity index is 2.46. The average molecular weight is 297 g/mol. The summed E-state index contributed by atoms with van der Waals surface area (Å²) < 4.78 is 45.6. The summed E-state index contributed by atoms with van der Waals surface area (Å²) in [7, 11) is 1.40. The number of ether oxygens (including phenoxy) is 2. The number of benzene rings is 1. The van der Waals surface area contributed by atoms with Crippen LogP contribution in [0, 0.1) is 0 Å². The highest BCUT2D eigenvalue weighted by molar-refractivity contribution is 5.76. The van der Waals surface area contributed by atoms with Crippen molar-refractivity contribution >= 4 is 6.29 Å². The smallest absolute Gasteiger partial charge is 0.494 e. The molecule has 21 heavy (non-hydrogen) atoms. The van der Waals surface area contributed by atoms with Gasteiger partial charge in [-0.2, -0.15) is 0 Å². The molecule has 7 heteroatoms. The summed E-state index contributed by atoms with van der Waals surface area (Å²) >= 11 is 0. The van der Waals surface area contributed by atoms with Gasteiger partial charge >= 0.3 is 6.36 Å². The fourth-order valence-electron chi connectivity index (χ4n) is 1.74. The molecule has 0 aliphatic rings. The number of nitrogens with zero attached hydrogens (tertiary/aromatic N) is 1. The van der Waals surface area contributed by atoms with Crippen LogP contribution in [0.4, 0.5) is 13.2 Å². The zero-order valence-corrected chi connectivity index (χ0v) is 10.8. The van der Waals surface area contributed by atoms with Gasteiger partial charge in [0.25, 0.3) is 0 Å². The fourth-order valence-corrected chi connectivity index (χ4v) is 1.74. The molecule has 0 bridgehead atoms. The number of hydrogen-bond donors (Lipinski definition) is 0. The molecule has 1 heterocycles. The van der Waals surface area contributed by atoms with Crippen molar-refractivity contribution < 1.29 is 27.4 Å². The number of rotatable bonds is 4. The van der Waals surface area contributed by atoms with E-state index in [1.54, 1.807) is 6.07 Å². The van der Waals surface area contributed by atoms with Crippen molar-refractivity contribution in [3.05, 3.63) is 42.1 Å². The van der Waals surface area contributed by atoms with Gasteiger partial charge in [0.05, 0.1) is 7.11 Å². The topological polar surface area (TPSA) is 48.4 Å². The van der Waals surface area contributed by atoms with Crippen molar-refractivity contribution in [3.8, 4) is 22.8 Å². The Labute approximate surface area is 118 Å². The van der Waals surface area contributed by atoms with Crippen molar-refractivity contribution in [1.82, 2.24) is 4.98 Å². The van der Waals surface area contributed by atoms with E-state index < -0.39 is 6.36 Å². The number of pyridine rings is 1. The lowest BCUT2D eigenvalue weighted by molar-refractivity contribution is -0.274. The van der Waals surface area contributed by atoms with E-state index in [0.29, 0.717) is 17.6 Å². The van der Waals surface area contributed by atoms with Crippen LogP contribution < -0.4 is 9.47 Å². The highest BCUT2D eigenvalue weighted by atomic mass is 19.4. The first-order valence-electron chi connectivity index (χ1n) is 5.79. The normalized spacial score (nSPS) is 11.0. The van der Waals surface area contributed by atoms with Gasteiger partial charge in [0, 0.05) is 5.56 Å².